The van der Waals surface area contributed by atoms with Gasteiger partial charge in [-0.3, -0.25) is 9.97 Å². The summed E-state index contributed by atoms with van der Waals surface area (Å²) in [5.74, 6) is 0.790. The summed E-state index contributed by atoms with van der Waals surface area (Å²) in [5, 5.41) is 0. The summed E-state index contributed by atoms with van der Waals surface area (Å²) in [6.45, 7) is 3.74. The summed E-state index contributed by atoms with van der Waals surface area (Å²) in [4.78, 5) is 8.19. The second kappa shape index (κ2) is 5.07. The zero-order valence-electron chi connectivity index (χ0n) is 8.78. The van der Waals surface area contributed by atoms with E-state index in [1.54, 1.807) is 24.7 Å². The molecule has 0 aliphatic carbocycles. The lowest BCUT2D eigenvalue weighted by Gasteiger charge is -2.14. The highest BCUT2D eigenvalue weighted by Gasteiger charge is 2.10. The van der Waals surface area contributed by atoms with Gasteiger partial charge in [0, 0.05) is 12.4 Å². The van der Waals surface area contributed by atoms with Crippen molar-refractivity contribution in [3.63, 3.8) is 0 Å². The number of ether oxygens (including phenoxy) is 1. The van der Waals surface area contributed by atoms with Crippen LogP contribution in [0.1, 0.15) is 11.8 Å². The maximum absolute atomic E-state index is 5.73. The van der Waals surface area contributed by atoms with Crippen molar-refractivity contribution in [3.05, 3.63) is 67.3 Å². The fourth-order valence-corrected chi connectivity index (χ4v) is 1.33. The smallest absolute Gasteiger partial charge is 0.160 e. The lowest BCUT2D eigenvalue weighted by atomic mass is 10.2. The van der Waals surface area contributed by atoms with Crippen LogP contribution in [0, 0.1) is 0 Å². The van der Waals surface area contributed by atoms with Crippen molar-refractivity contribution in [1.29, 1.82) is 0 Å². The molecule has 0 saturated heterocycles. The summed E-state index contributed by atoms with van der Waals surface area (Å²) < 4.78 is 5.73. The number of hydrogen-bond acceptors (Lipinski definition) is 3. The minimum atomic E-state index is -0.268. The molecule has 1 aromatic heterocycles. The normalized spacial score (nSPS) is 11.8. The molecule has 2 aromatic rings. The molecule has 0 aliphatic rings. The van der Waals surface area contributed by atoms with Gasteiger partial charge in [0.15, 0.2) is 6.10 Å². The van der Waals surface area contributed by atoms with Gasteiger partial charge < -0.3 is 4.74 Å². The van der Waals surface area contributed by atoms with Gasteiger partial charge in [-0.05, 0) is 18.2 Å². The lowest BCUT2D eigenvalue weighted by Crippen LogP contribution is -2.06. The van der Waals surface area contributed by atoms with Crippen molar-refractivity contribution in [2.75, 3.05) is 0 Å². The van der Waals surface area contributed by atoms with Crippen molar-refractivity contribution in [2.45, 2.75) is 6.10 Å². The first kappa shape index (κ1) is 10.4. The quantitative estimate of drug-likeness (QED) is 0.731. The zero-order valence-corrected chi connectivity index (χ0v) is 8.78. The molecule has 16 heavy (non-hydrogen) atoms. The van der Waals surface area contributed by atoms with Gasteiger partial charge in [0.05, 0.1) is 6.20 Å². The number of hydrogen-bond donors (Lipinski definition) is 0. The Bertz CT molecular complexity index is 442. The number of benzene rings is 1. The molecule has 0 amide bonds. The highest BCUT2D eigenvalue weighted by molar-refractivity contribution is 5.23. The number of para-hydroxylation sites is 1. The van der Waals surface area contributed by atoms with Gasteiger partial charge in [0.25, 0.3) is 0 Å². The first-order valence-corrected chi connectivity index (χ1v) is 5.00. The van der Waals surface area contributed by atoms with Gasteiger partial charge in [-0.15, -0.1) is 0 Å². The van der Waals surface area contributed by atoms with Crippen LogP contribution >= 0.6 is 0 Å². The van der Waals surface area contributed by atoms with Crippen LogP contribution in [0.5, 0.6) is 5.75 Å². The van der Waals surface area contributed by atoms with E-state index in [0.717, 1.165) is 11.4 Å². The molecule has 0 N–H and O–H groups in total. The largest absolute Gasteiger partial charge is 0.480 e. The predicted octanol–water partition coefficient (Wildman–Crippen LogP) is 2.78. The minimum Gasteiger partial charge on any atom is -0.480 e. The first-order chi connectivity index (χ1) is 7.90. The van der Waals surface area contributed by atoms with Crippen LogP contribution in [-0.4, -0.2) is 9.97 Å². The van der Waals surface area contributed by atoms with Crippen LogP contribution in [0.3, 0.4) is 0 Å². The van der Waals surface area contributed by atoms with E-state index in [4.69, 9.17) is 4.74 Å². The number of rotatable bonds is 4. The molecular weight excluding hydrogens is 200 g/mol. The fourth-order valence-electron chi connectivity index (χ4n) is 1.33. The van der Waals surface area contributed by atoms with Gasteiger partial charge >= 0.3 is 0 Å². The predicted molar refractivity (Wildman–Crippen MR) is 62.0 cm³/mol. The maximum atomic E-state index is 5.73. The molecular formula is C13H12N2O. The van der Waals surface area contributed by atoms with Gasteiger partial charge in [-0.25, -0.2) is 0 Å². The molecule has 0 aliphatic heterocycles. The van der Waals surface area contributed by atoms with Crippen LogP contribution in [0.2, 0.25) is 0 Å². The highest BCUT2D eigenvalue weighted by atomic mass is 16.5. The van der Waals surface area contributed by atoms with E-state index in [1.807, 2.05) is 30.3 Å². The maximum Gasteiger partial charge on any atom is 0.160 e. The monoisotopic (exact) mass is 212 g/mol. The van der Waals surface area contributed by atoms with E-state index in [9.17, 15) is 0 Å². The van der Waals surface area contributed by atoms with Crippen LogP contribution in [0.4, 0.5) is 0 Å². The van der Waals surface area contributed by atoms with Crippen molar-refractivity contribution < 1.29 is 4.74 Å². The topological polar surface area (TPSA) is 35.0 Å². The molecule has 80 valence electrons. The Labute approximate surface area is 94.4 Å². The summed E-state index contributed by atoms with van der Waals surface area (Å²) in [5.41, 5.74) is 0.751. The summed E-state index contributed by atoms with van der Waals surface area (Å²) in [7, 11) is 0. The highest BCUT2D eigenvalue weighted by Crippen LogP contribution is 2.20. The number of aromatic nitrogens is 2. The molecule has 0 bridgehead atoms. The van der Waals surface area contributed by atoms with Crippen molar-refractivity contribution in [1.82, 2.24) is 9.97 Å². The van der Waals surface area contributed by atoms with Gasteiger partial charge in [0.2, 0.25) is 0 Å². The second-order valence-corrected chi connectivity index (χ2v) is 3.22. The SMILES string of the molecule is C=CC(Oc1ccccc1)c1cnccn1. The minimum absolute atomic E-state index is 0.268. The summed E-state index contributed by atoms with van der Waals surface area (Å²) in [6.07, 6.45) is 6.38. The van der Waals surface area contributed by atoms with Crippen LogP contribution < -0.4 is 4.74 Å². The molecule has 0 radical (unpaired) electrons. The molecule has 3 nitrogen and oxygen atoms in total. The van der Waals surface area contributed by atoms with E-state index < -0.39 is 0 Å². The number of nitrogens with zero attached hydrogens (tertiary/aromatic N) is 2. The molecule has 0 fully saturated rings. The van der Waals surface area contributed by atoms with Crippen LogP contribution in [0.25, 0.3) is 0 Å². The van der Waals surface area contributed by atoms with E-state index in [-0.39, 0.29) is 6.10 Å². The Hall–Kier alpha value is -2.16. The standard InChI is InChI=1S/C13H12N2O/c1-2-13(12-10-14-8-9-15-12)16-11-6-4-3-5-7-11/h2-10,13H,1H2. The fraction of sp³-hybridized carbons (Fsp3) is 0.0769. The molecule has 0 spiro atoms. The third-order valence-corrected chi connectivity index (χ3v) is 2.09. The molecule has 1 heterocycles. The van der Waals surface area contributed by atoms with Gasteiger partial charge in [-0.2, -0.15) is 0 Å². The Balaban J connectivity index is 2.16. The Kier molecular flexibility index (Phi) is 3.28. The Morgan fingerprint density at radius 2 is 2.00 bits per heavy atom. The lowest BCUT2D eigenvalue weighted by molar-refractivity contribution is 0.250. The van der Waals surface area contributed by atoms with E-state index in [0.29, 0.717) is 0 Å². The van der Waals surface area contributed by atoms with Crippen molar-refractivity contribution >= 4 is 0 Å². The van der Waals surface area contributed by atoms with E-state index >= 15 is 0 Å². The van der Waals surface area contributed by atoms with Crippen LogP contribution in [0.15, 0.2) is 61.6 Å². The molecule has 2 rings (SSSR count). The van der Waals surface area contributed by atoms with Crippen LogP contribution in [-0.2, 0) is 0 Å². The summed E-state index contributed by atoms with van der Waals surface area (Å²) >= 11 is 0. The molecule has 3 heteroatoms. The van der Waals surface area contributed by atoms with Gasteiger partial charge in [-0.1, -0.05) is 24.8 Å². The van der Waals surface area contributed by atoms with E-state index in [1.165, 1.54) is 0 Å². The summed E-state index contributed by atoms with van der Waals surface area (Å²) in [6, 6.07) is 9.58. The molecule has 1 atom stereocenters. The second-order valence-electron chi connectivity index (χ2n) is 3.22. The van der Waals surface area contributed by atoms with Gasteiger partial charge in [0.1, 0.15) is 11.4 Å². The third-order valence-electron chi connectivity index (χ3n) is 2.09. The van der Waals surface area contributed by atoms with E-state index in [2.05, 4.69) is 16.5 Å². The average molecular weight is 212 g/mol. The first-order valence-electron chi connectivity index (χ1n) is 5.00. The third kappa shape index (κ3) is 2.45. The Morgan fingerprint density at radius 1 is 1.19 bits per heavy atom. The molecule has 1 unspecified atom stereocenters. The van der Waals surface area contributed by atoms with Crippen molar-refractivity contribution in [3.8, 4) is 5.75 Å². The average Bonchev–Trinajstić information content (AvgIpc) is 2.38. The zero-order chi connectivity index (χ0) is 11.2. The Morgan fingerprint density at radius 3 is 2.62 bits per heavy atom. The van der Waals surface area contributed by atoms with Crippen molar-refractivity contribution in [2.24, 2.45) is 0 Å². The molecule has 1 aromatic carbocycles. The molecule has 0 saturated carbocycles.